The van der Waals surface area contributed by atoms with Gasteiger partial charge in [-0.1, -0.05) is 0 Å². The summed E-state index contributed by atoms with van der Waals surface area (Å²) in [4.78, 5) is 26.9. The predicted octanol–water partition coefficient (Wildman–Crippen LogP) is 1.93. The summed E-state index contributed by atoms with van der Waals surface area (Å²) in [7, 11) is 1.46. The van der Waals surface area contributed by atoms with Gasteiger partial charge in [0.15, 0.2) is 11.5 Å². The number of carbonyl (C=O) groups is 2. The Kier molecular flexibility index (Phi) is 5.53. The highest BCUT2D eigenvalue weighted by molar-refractivity contribution is 7.07. The van der Waals surface area contributed by atoms with Crippen LogP contribution in [0.1, 0.15) is 23.0 Å². The van der Waals surface area contributed by atoms with Gasteiger partial charge in [-0.2, -0.15) is 0 Å². The summed E-state index contributed by atoms with van der Waals surface area (Å²) in [5, 5.41) is 13.1. The van der Waals surface area contributed by atoms with E-state index in [1.54, 1.807) is 17.6 Å². The van der Waals surface area contributed by atoms with Crippen molar-refractivity contribution in [1.82, 2.24) is 10.3 Å². The van der Waals surface area contributed by atoms with Gasteiger partial charge in [-0.05, 0) is 25.1 Å². The van der Waals surface area contributed by atoms with Crippen LogP contribution in [-0.2, 0) is 11.4 Å². The van der Waals surface area contributed by atoms with Gasteiger partial charge in [0.05, 0.1) is 18.3 Å². The van der Waals surface area contributed by atoms with Crippen LogP contribution in [0.3, 0.4) is 0 Å². The fourth-order valence-corrected chi connectivity index (χ4v) is 2.27. The van der Waals surface area contributed by atoms with Crippen LogP contribution in [0.5, 0.6) is 11.5 Å². The highest BCUT2D eigenvalue weighted by Crippen LogP contribution is 2.28. The van der Waals surface area contributed by atoms with Crippen molar-refractivity contribution in [3.63, 3.8) is 0 Å². The van der Waals surface area contributed by atoms with E-state index in [1.807, 2.05) is 5.38 Å². The number of ether oxygens (including phenoxy) is 2. The molecule has 0 aliphatic heterocycles. The van der Waals surface area contributed by atoms with Crippen LogP contribution in [0, 0.1) is 0 Å². The van der Waals surface area contributed by atoms with Crippen molar-refractivity contribution < 1.29 is 24.2 Å². The molecule has 1 amide bonds. The maximum absolute atomic E-state index is 12.0. The molecule has 0 aliphatic rings. The number of carboxylic acid groups (broad SMARTS) is 1. The van der Waals surface area contributed by atoms with Gasteiger partial charge < -0.3 is 19.9 Å². The molecule has 7 nitrogen and oxygen atoms in total. The molecule has 2 aromatic rings. The number of thiazole rings is 1. The van der Waals surface area contributed by atoms with Crippen LogP contribution < -0.4 is 14.8 Å². The number of carboxylic acids is 1. The normalized spacial score (nSPS) is 11.6. The molecular weight excluding hydrogens is 320 g/mol. The SMILES string of the molecule is COc1cc(C(=O)NC(C)C(=O)O)ccc1OCc1cscn1. The monoisotopic (exact) mass is 336 g/mol. The lowest BCUT2D eigenvalue weighted by Crippen LogP contribution is -2.38. The van der Waals surface area contributed by atoms with Crippen LogP contribution in [0.15, 0.2) is 29.1 Å². The number of benzene rings is 1. The van der Waals surface area contributed by atoms with E-state index in [2.05, 4.69) is 10.3 Å². The molecular formula is C15H16N2O5S. The Balaban J connectivity index is 2.09. The Morgan fingerprint density at radius 1 is 1.39 bits per heavy atom. The molecule has 0 aliphatic carbocycles. The summed E-state index contributed by atoms with van der Waals surface area (Å²) < 4.78 is 10.8. The van der Waals surface area contributed by atoms with Crippen molar-refractivity contribution in [2.24, 2.45) is 0 Å². The first kappa shape index (κ1) is 16.8. The summed E-state index contributed by atoms with van der Waals surface area (Å²) in [5.74, 6) is -0.739. The molecule has 1 atom stereocenters. The molecule has 0 fully saturated rings. The molecule has 1 unspecified atom stereocenters. The van der Waals surface area contributed by atoms with E-state index in [1.165, 1.54) is 31.4 Å². The van der Waals surface area contributed by atoms with Gasteiger partial charge >= 0.3 is 5.97 Å². The predicted molar refractivity (Wildman–Crippen MR) is 84.0 cm³/mol. The second-order valence-electron chi connectivity index (χ2n) is 4.67. The molecule has 8 heteroatoms. The first-order chi connectivity index (χ1) is 11.0. The zero-order valence-corrected chi connectivity index (χ0v) is 13.4. The Hall–Kier alpha value is -2.61. The van der Waals surface area contributed by atoms with Crippen LogP contribution in [0.25, 0.3) is 0 Å². The van der Waals surface area contributed by atoms with Crippen LogP contribution >= 0.6 is 11.3 Å². The summed E-state index contributed by atoms with van der Waals surface area (Å²) in [6, 6.07) is 3.67. The van der Waals surface area contributed by atoms with Gasteiger partial charge in [0.25, 0.3) is 5.91 Å². The molecule has 2 rings (SSSR count). The van der Waals surface area contributed by atoms with Crippen LogP contribution in [-0.4, -0.2) is 35.1 Å². The number of hydrogen-bond donors (Lipinski definition) is 2. The minimum absolute atomic E-state index is 0.288. The second-order valence-corrected chi connectivity index (χ2v) is 5.39. The lowest BCUT2D eigenvalue weighted by molar-refractivity contribution is -0.138. The average Bonchev–Trinajstić information content (AvgIpc) is 3.05. The van der Waals surface area contributed by atoms with E-state index < -0.39 is 17.9 Å². The number of nitrogens with one attached hydrogen (secondary N) is 1. The quantitative estimate of drug-likeness (QED) is 0.802. The van der Waals surface area contributed by atoms with Crippen molar-refractivity contribution >= 4 is 23.2 Å². The highest BCUT2D eigenvalue weighted by Gasteiger charge is 2.17. The Bertz CT molecular complexity index is 687. The van der Waals surface area contributed by atoms with Gasteiger partial charge in [0.1, 0.15) is 12.6 Å². The molecule has 1 aromatic heterocycles. The summed E-state index contributed by atoms with van der Waals surface area (Å²) in [6.07, 6.45) is 0. The van der Waals surface area contributed by atoms with Gasteiger partial charge in [0.2, 0.25) is 0 Å². The number of aliphatic carboxylic acids is 1. The fraction of sp³-hybridized carbons (Fsp3) is 0.267. The fourth-order valence-electron chi connectivity index (χ4n) is 1.73. The van der Waals surface area contributed by atoms with Crippen LogP contribution in [0.4, 0.5) is 0 Å². The number of rotatable bonds is 7. The Morgan fingerprint density at radius 2 is 2.17 bits per heavy atom. The molecule has 0 saturated carbocycles. The second kappa shape index (κ2) is 7.59. The van der Waals surface area contributed by atoms with Gasteiger partial charge in [-0.15, -0.1) is 11.3 Å². The van der Waals surface area contributed by atoms with E-state index in [-0.39, 0.29) is 5.56 Å². The molecule has 23 heavy (non-hydrogen) atoms. The van der Waals surface area contributed by atoms with Gasteiger partial charge in [-0.25, -0.2) is 4.98 Å². The molecule has 1 heterocycles. The first-order valence-corrected chi connectivity index (χ1v) is 7.67. The van der Waals surface area contributed by atoms with Crippen LogP contribution in [0.2, 0.25) is 0 Å². The molecule has 0 bridgehead atoms. The Labute approximate surface area is 136 Å². The Morgan fingerprint density at radius 3 is 2.78 bits per heavy atom. The number of aromatic nitrogens is 1. The maximum Gasteiger partial charge on any atom is 0.325 e. The zero-order chi connectivity index (χ0) is 16.8. The largest absolute Gasteiger partial charge is 0.493 e. The van der Waals surface area contributed by atoms with E-state index in [0.29, 0.717) is 18.1 Å². The van der Waals surface area contributed by atoms with Crippen molar-refractivity contribution in [3.05, 3.63) is 40.3 Å². The number of nitrogens with zero attached hydrogens (tertiary/aromatic N) is 1. The third kappa shape index (κ3) is 4.43. The third-order valence-corrected chi connectivity index (χ3v) is 3.64. The molecule has 2 N–H and O–H groups in total. The summed E-state index contributed by atoms with van der Waals surface area (Å²) in [6.45, 7) is 1.68. The molecule has 0 radical (unpaired) electrons. The van der Waals surface area contributed by atoms with Crippen molar-refractivity contribution in [1.29, 1.82) is 0 Å². The molecule has 0 saturated heterocycles. The van der Waals surface area contributed by atoms with E-state index in [4.69, 9.17) is 14.6 Å². The van der Waals surface area contributed by atoms with E-state index in [9.17, 15) is 9.59 Å². The number of methoxy groups -OCH3 is 1. The van der Waals surface area contributed by atoms with Crippen molar-refractivity contribution in [2.75, 3.05) is 7.11 Å². The number of carbonyl (C=O) groups excluding carboxylic acids is 1. The lowest BCUT2D eigenvalue weighted by atomic mass is 10.1. The summed E-state index contributed by atoms with van der Waals surface area (Å²) in [5.41, 5.74) is 2.80. The highest BCUT2D eigenvalue weighted by atomic mass is 32.1. The minimum Gasteiger partial charge on any atom is -0.493 e. The molecule has 0 spiro atoms. The standard InChI is InChI=1S/C15H16N2O5S/c1-9(15(19)20)17-14(18)10-3-4-12(13(5-10)21-2)22-6-11-7-23-8-16-11/h3-5,7-9H,6H2,1-2H3,(H,17,18)(H,19,20). The van der Waals surface area contributed by atoms with E-state index in [0.717, 1.165) is 5.69 Å². The zero-order valence-electron chi connectivity index (χ0n) is 12.6. The lowest BCUT2D eigenvalue weighted by Gasteiger charge is -2.13. The summed E-state index contributed by atoms with van der Waals surface area (Å²) >= 11 is 1.48. The third-order valence-electron chi connectivity index (χ3n) is 3.00. The minimum atomic E-state index is -1.10. The topological polar surface area (TPSA) is 97.8 Å². The average molecular weight is 336 g/mol. The molecule has 1 aromatic carbocycles. The number of amides is 1. The number of hydrogen-bond acceptors (Lipinski definition) is 6. The maximum atomic E-state index is 12.0. The van der Waals surface area contributed by atoms with E-state index >= 15 is 0 Å². The smallest absolute Gasteiger partial charge is 0.325 e. The van der Waals surface area contributed by atoms with Gasteiger partial charge in [-0.3, -0.25) is 9.59 Å². The van der Waals surface area contributed by atoms with Crippen molar-refractivity contribution in [2.45, 2.75) is 19.6 Å². The molecule has 122 valence electrons. The van der Waals surface area contributed by atoms with Gasteiger partial charge in [0, 0.05) is 10.9 Å². The first-order valence-electron chi connectivity index (χ1n) is 6.73. The van der Waals surface area contributed by atoms with Crippen molar-refractivity contribution in [3.8, 4) is 11.5 Å².